The topological polar surface area (TPSA) is 131 Å². The predicted octanol–water partition coefficient (Wildman–Crippen LogP) is 3.27. The summed E-state index contributed by atoms with van der Waals surface area (Å²) in [5.41, 5.74) is 5.41. The fourth-order valence-corrected chi connectivity index (χ4v) is 6.18. The molecule has 3 aromatic heterocycles. The molecule has 0 saturated heterocycles. The zero-order chi connectivity index (χ0) is 26.6. The van der Waals surface area contributed by atoms with E-state index < -0.39 is 34.4 Å². The van der Waals surface area contributed by atoms with Gasteiger partial charge in [0.05, 0.1) is 33.9 Å². The van der Waals surface area contributed by atoms with Crippen molar-refractivity contribution in [1.29, 1.82) is 0 Å². The van der Waals surface area contributed by atoms with E-state index in [1.54, 1.807) is 6.07 Å². The molecule has 1 fully saturated rings. The van der Waals surface area contributed by atoms with Gasteiger partial charge in [0.1, 0.15) is 24.2 Å². The van der Waals surface area contributed by atoms with E-state index in [-0.39, 0.29) is 35.3 Å². The van der Waals surface area contributed by atoms with E-state index in [9.17, 15) is 18.3 Å². The maximum Gasteiger partial charge on any atom is 0.415 e. The number of amidine groups is 1. The monoisotopic (exact) mass is 533 g/mol. The number of alkyl halides is 3. The smallest absolute Gasteiger partial charge is 0.415 e. The van der Waals surface area contributed by atoms with E-state index in [1.807, 2.05) is 0 Å². The molecule has 0 aromatic carbocycles. The predicted molar refractivity (Wildman–Crippen MR) is 129 cm³/mol. The summed E-state index contributed by atoms with van der Waals surface area (Å²) in [7, 11) is 0. The van der Waals surface area contributed by atoms with Crippen molar-refractivity contribution in [3.05, 3.63) is 42.4 Å². The Balaban J connectivity index is 1.49. The number of nitrogens with one attached hydrogen (secondary N) is 1. The van der Waals surface area contributed by atoms with Crippen molar-refractivity contribution < 1.29 is 27.4 Å². The van der Waals surface area contributed by atoms with E-state index in [0.717, 1.165) is 0 Å². The van der Waals surface area contributed by atoms with E-state index in [2.05, 4.69) is 36.2 Å². The summed E-state index contributed by atoms with van der Waals surface area (Å²) in [5.74, 6) is 1.29. The van der Waals surface area contributed by atoms with Crippen molar-refractivity contribution in [1.82, 2.24) is 19.9 Å². The van der Waals surface area contributed by atoms with Crippen molar-refractivity contribution in [3.8, 4) is 18.1 Å². The fourth-order valence-electron chi connectivity index (χ4n) is 4.68. The van der Waals surface area contributed by atoms with Crippen molar-refractivity contribution in [2.45, 2.75) is 35.9 Å². The summed E-state index contributed by atoms with van der Waals surface area (Å²) in [6.07, 6.45) is 1.57. The number of nitrogens with two attached hydrogens (primary N) is 1. The summed E-state index contributed by atoms with van der Waals surface area (Å²) < 4.78 is 58.9. The second-order valence-corrected chi connectivity index (χ2v) is 10.2. The molecule has 0 spiro atoms. The number of aromatic nitrogens is 4. The average molecular weight is 534 g/mol. The summed E-state index contributed by atoms with van der Waals surface area (Å²) in [4.78, 5) is 20.8. The molecule has 4 atom stereocenters. The standard InChI is InChI=1S/C23H19F4N7O2S/c1-3-4-36-12-6-14-16(29-9-12)18(32-10-31-14)33-11-5-13(17(24)30-8-11)21(2)15-7-22(15,37-20(28)34-21)19(35)23(25,26)27/h1,5-6,8-10,15,19,35H,4,7H2,2H3,(H2,28,34)(H,31,32,33)/t15-,19-,21+,22-/m0/s1. The van der Waals surface area contributed by atoms with Gasteiger partial charge in [-0.1, -0.05) is 17.7 Å². The van der Waals surface area contributed by atoms with E-state index in [0.29, 0.717) is 28.5 Å². The maximum absolute atomic E-state index is 15.0. The Labute approximate surface area is 212 Å². The van der Waals surface area contributed by atoms with E-state index in [4.69, 9.17) is 16.9 Å². The normalized spacial score (nSPS) is 25.5. The lowest BCUT2D eigenvalue weighted by Gasteiger charge is -2.36. The number of rotatable bonds is 6. The van der Waals surface area contributed by atoms with Crippen LogP contribution in [0.15, 0.2) is 35.8 Å². The third kappa shape index (κ3) is 4.27. The molecule has 3 aromatic rings. The molecule has 1 aliphatic carbocycles. The van der Waals surface area contributed by atoms with Crippen LogP contribution in [0.4, 0.5) is 29.1 Å². The lowest BCUT2D eigenvalue weighted by molar-refractivity contribution is -0.207. The van der Waals surface area contributed by atoms with Crippen LogP contribution in [0.5, 0.6) is 5.75 Å². The number of aliphatic imine (C=N–C) groups is 1. The Morgan fingerprint density at radius 1 is 1.30 bits per heavy atom. The molecule has 9 nitrogen and oxygen atoms in total. The number of aliphatic hydroxyl groups excluding tert-OH is 1. The first-order chi connectivity index (χ1) is 17.5. The molecule has 5 rings (SSSR count). The largest absolute Gasteiger partial charge is 0.479 e. The van der Waals surface area contributed by atoms with E-state index in [1.165, 1.54) is 31.7 Å². The van der Waals surface area contributed by atoms with Crippen LogP contribution >= 0.6 is 11.8 Å². The van der Waals surface area contributed by atoms with Crippen LogP contribution in [0, 0.1) is 24.2 Å². The van der Waals surface area contributed by atoms with Crippen molar-refractivity contribution in [2.24, 2.45) is 16.6 Å². The molecule has 4 heterocycles. The number of hydrogen-bond acceptors (Lipinski definition) is 10. The van der Waals surface area contributed by atoms with Gasteiger partial charge in [0, 0.05) is 17.5 Å². The Kier molecular flexibility index (Phi) is 5.87. The van der Waals surface area contributed by atoms with Crippen molar-refractivity contribution in [3.63, 3.8) is 0 Å². The number of ether oxygens (including phenoxy) is 1. The molecule has 0 bridgehead atoms. The minimum atomic E-state index is -4.87. The highest BCUT2D eigenvalue weighted by molar-refractivity contribution is 8.15. The number of hydrogen-bond donors (Lipinski definition) is 3. The average Bonchev–Trinajstić information content (AvgIpc) is 3.59. The molecule has 0 amide bonds. The molecule has 0 radical (unpaired) electrons. The lowest BCUT2D eigenvalue weighted by atomic mass is 9.86. The van der Waals surface area contributed by atoms with Gasteiger partial charge in [0.2, 0.25) is 5.95 Å². The Bertz CT molecular complexity index is 1460. The second kappa shape index (κ2) is 8.70. The molecule has 37 heavy (non-hydrogen) atoms. The van der Waals surface area contributed by atoms with Gasteiger partial charge >= 0.3 is 6.18 Å². The van der Waals surface area contributed by atoms with E-state index >= 15 is 4.39 Å². The molecule has 0 unspecified atom stereocenters. The number of halogens is 4. The third-order valence-corrected chi connectivity index (χ3v) is 7.82. The SMILES string of the molecule is C#CCOc1cnc2c(Nc3cnc(F)c([C@@]4(C)N=C(N)S[C@@]5([C@H](O)C(F)(F)F)C[C@H]54)c3)ncnc2c1. The zero-order valence-corrected chi connectivity index (χ0v) is 19.9. The summed E-state index contributed by atoms with van der Waals surface area (Å²) in [5, 5.41) is 12.9. The number of terminal acetylenes is 1. The first kappa shape index (κ1) is 25.0. The van der Waals surface area contributed by atoms with Gasteiger partial charge in [-0.2, -0.15) is 17.6 Å². The number of anilines is 2. The highest BCUT2D eigenvalue weighted by Gasteiger charge is 2.74. The van der Waals surface area contributed by atoms with Gasteiger partial charge in [0.25, 0.3) is 0 Å². The molecule has 192 valence electrons. The van der Waals surface area contributed by atoms with Gasteiger partial charge in [-0.15, -0.1) is 6.42 Å². The molecule has 4 N–H and O–H groups in total. The minimum Gasteiger partial charge on any atom is -0.479 e. The minimum absolute atomic E-state index is 0.0549. The molecular formula is C23H19F4N7O2S. The Morgan fingerprint density at radius 2 is 2.08 bits per heavy atom. The Morgan fingerprint density at radius 3 is 2.81 bits per heavy atom. The van der Waals surface area contributed by atoms with Gasteiger partial charge in [-0.25, -0.2) is 19.9 Å². The second-order valence-electron chi connectivity index (χ2n) is 8.80. The molecule has 1 saturated carbocycles. The van der Waals surface area contributed by atoms with Gasteiger partial charge in [-0.3, -0.25) is 4.99 Å². The van der Waals surface area contributed by atoms with Crippen LogP contribution < -0.4 is 15.8 Å². The Hall–Kier alpha value is -3.70. The molecular weight excluding hydrogens is 514 g/mol. The quantitative estimate of drug-likeness (QED) is 0.248. The number of pyridine rings is 2. The molecule has 2 aliphatic rings. The van der Waals surface area contributed by atoms with Crippen molar-refractivity contribution >= 4 is 39.5 Å². The highest BCUT2D eigenvalue weighted by atomic mass is 32.2. The number of fused-ring (bicyclic) bond motifs is 2. The lowest BCUT2D eigenvalue weighted by Crippen LogP contribution is -2.47. The maximum atomic E-state index is 15.0. The van der Waals surface area contributed by atoms with Crippen LogP contribution in [0.1, 0.15) is 18.9 Å². The highest BCUT2D eigenvalue weighted by Crippen LogP contribution is 2.68. The summed E-state index contributed by atoms with van der Waals surface area (Å²) in [6, 6.07) is 3.01. The van der Waals surface area contributed by atoms with Crippen LogP contribution in [-0.4, -0.2) is 53.8 Å². The van der Waals surface area contributed by atoms with Crippen LogP contribution in [0.2, 0.25) is 0 Å². The third-order valence-electron chi connectivity index (χ3n) is 6.46. The first-order valence-corrected chi connectivity index (χ1v) is 11.7. The zero-order valence-electron chi connectivity index (χ0n) is 19.1. The fraction of sp³-hybridized carbons (Fsp3) is 0.348. The summed E-state index contributed by atoms with van der Waals surface area (Å²) in [6.45, 7) is 1.54. The van der Waals surface area contributed by atoms with Gasteiger partial charge in [-0.05, 0) is 19.4 Å². The number of thioether (sulfide) groups is 1. The van der Waals surface area contributed by atoms with Gasteiger partial charge in [0.15, 0.2) is 17.1 Å². The van der Waals surface area contributed by atoms with Crippen LogP contribution in [0.3, 0.4) is 0 Å². The number of aliphatic hydroxyl groups is 1. The first-order valence-electron chi connectivity index (χ1n) is 10.9. The van der Waals surface area contributed by atoms with Crippen LogP contribution in [-0.2, 0) is 5.54 Å². The number of nitrogens with zero attached hydrogens (tertiary/aromatic N) is 5. The van der Waals surface area contributed by atoms with Crippen molar-refractivity contribution in [2.75, 3.05) is 11.9 Å². The molecule has 14 heteroatoms. The molecule has 1 aliphatic heterocycles. The van der Waals surface area contributed by atoms with Crippen LogP contribution in [0.25, 0.3) is 11.0 Å². The summed E-state index contributed by atoms with van der Waals surface area (Å²) >= 11 is 0.668. The van der Waals surface area contributed by atoms with Gasteiger partial charge < -0.3 is 20.9 Å².